The maximum Gasteiger partial charge on any atom is 0.263 e. The second-order valence-electron chi connectivity index (χ2n) is 9.21. The number of carbonyl (C=O) groups excluding carboxylic acids is 1. The number of aromatic nitrogens is 1. The predicted octanol–water partition coefficient (Wildman–Crippen LogP) is 2.86. The Hall–Kier alpha value is -2.91. The number of rotatable bonds is 3. The van der Waals surface area contributed by atoms with Gasteiger partial charge in [0.25, 0.3) is 5.91 Å². The van der Waals surface area contributed by atoms with Gasteiger partial charge in [0.05, 0.1) is 11.7 Å². The molecular formula is C24H26FN5O2S. The van der Waals surface area contributed by atoms with Gasteiger partial charge in [0.15, 0.2) is 0 Å². The molecule has 7 nitrogen and oxygen atoms in total. The van der Waals surface area contributed by atoms with Crippen LogP contribution in [-0.2, 0) is 6.42 Å². The van der Waals surface area contributed by atoms with E-state index in [0.29, 0.717) is 40.3 Å². The van der Waals surface area contributed by atoms with Crippen molar-refractivity contribution >= 4 is 38.8 Å². The third-order valence-corrected chi connectivity index (χ3v) is 8.20. The Bertz CT molecular complexity index is 1260. The first-order valence-corrected chi connectivity index (χ1v) is 12.2. The van der Waals surface area contributed by atoms with Crippen molar-refractivity contribution < 1.29 is 13.9 Å². The summed E-state index contributed by atoms with van der Waals surface area (Å²) in [5.41, 5.74) is 8.91. The van der Waals surface area contributed by atoms with Crippen LogP contribution in [-0.4, -0.2) is 49.2 Å². The van der Waals surface area contributed by atoms with E-state index < -0.39 is 0 Å². The molecule has 0 saturated carbocycles. The Morgan fingerprint density at radius 1 is 1.36 bits per heavy atom. The Balaban J connectivity index is 1.20. The Labute approximate surface area is 195 Å². The lowest BCUT2D eigenvalue weighted by atomic mass is 10.0. The van der Waals surface area contributed by atoms with Crippen LogP contribution in [0.25, 0.3) is 10.2 Å². The Kier molecular flexibility index (Phi) is 4.92. The van der Waals surface area contributed by atoms with Gasteiger partial charge in [-0.2, -0.15) is 0 Å². The number of nitrogen functional groups attached to an aromatic ring is 1. The zero-order valence-electron chi connectivity index (χ0n) is 18.4. The summed E-state index contributed by atoms with van der Waals surface area (Å²) < 4.78 is 21.1. The van der Waals surface area contributed by atoms with Crippen molar-refractivity contribution in [2.75, 3.05) is 36.9 Å². The van der Waals surface area contributed by atoms with Gasteiger partial charge in [0.2, 0.25) is 0 Å². The normalized spacial score (nSPS) is 23.9. The van der Waals surface area contributed by atoms with Crippen LogP contribution in [0.3, 0.4) is 0 Å². The number of ether oxygens (including phenoxy) is 1. The molecule has 0 spiro atoms. The zero-order chi connectivity index (χ0) is 22.7. The number of nitrogens with one attached hydrogen (secondary N) is 2. The van der Waals surface area contributed by atoms with Crippen LogP contribution in [0, 0.1) is 18.7 Å². The minimum atomic E-state index is -0.333. The highest BCUT2D eigenvalue weighted by atomic mass is 32.1. The van der Waals surface area contributed by atoms with Gasteiger partial charge in [0, 0.05) is 60.5 Å². The van der Waals surface area contributed by atoms with Gasteiger partial charge in [-0.15, -0.1) is 11.3 Å². The highest BCUT2D eigenvalue weighted by Crippen LogP contribution is 2.38. The van der Waals surface area contributed by atoms with E-state index >= 15 is 4.39 Å². The number of pyridine rings is 1. The number of hydrogen-bond donors (Lipinski definition) is 3. The number of nitrogens with zero attached hydrogens (tertiary/aromatic N) is 2. The molecule has 33 heavy (non-hydrogen) atoms. The molecule has 3 atom stereocenters. The van der Waals surface area contributed by atoms with Gasteiger partial charge in [0.1, 0.15) is 27.9 Å². The average molecular weight is 468 g/mol. The third-order valence-electron chi connectivity index (χ3n) is 7.08. The van der Waals surface area contributed by atoms with Crippen molar-refractivity contribution in [1.29, 1.82) is 0 Å². The minimum Gasteiger partial charge on any atom is -0.491 e. The minimum absolute atomic E-state index is 0.279. The molecule has 2 saturated heterocycles. The molecular weight excluding hydrogens is 441 g/mol. The molecule has 2 fully saturated rings. The van der Waals surface area contributed by atoms with Gasteiger partial charge in [-0.1, -0.05) is 0 Å². The Morgan fingerprint density at radius 3 is 3.12 bits per heavy atom. The number of aryl methyl sites for hydroxylation is 1. The summed E-state index contributed by atoms with van der Waals surface area (Å²) >= 11 is 1.27. The summed E-state index contributed by atoms with van der Waals surface area (Å²) in [5.74, 6) is 0.645. The van der Waals surface area contributed by atoms with E-state index in [2.05, 4.69) is 20.5 Å². The van der Waals surface area contributed by atoms with Gasteiger partial charge < -0.3 is 26.0 Å². The topological polar surface area (TPSA) is 92.5 Å². The molecule has 0 bridgehead atoms. The first-order valence-electron chi connectivity index (χ1n) is 11.4. The van der Waals surface area contributed by atoms with Gasteiger partial charge in [-0.25, -0.2) is 9.37 Å². The predicted molar refractivity (Wildman–Crippen MR) is 128 cm³/mol. The van der Waals surface area contributed by atoms with E-state index in [1.807, 2.05) is 25.1 Å². The molecule has 1 amide bonds. The van der Waals surface area contributed by atoms with Crippen LogP contribution in [0.15, 0.2) is 24.3 Å². The summed E-state index contributed by atoms with van der Waals surface area (Å²) in [4.78, 5) is 20.9. The number of thiophene rings is 1. The molecule has 3 aromatic rings. The van der Waals surface area contributed by atoms with E-state index in [1.165, 1.54) is 11.3 Å². The first-order chi connectivity index (χ1) is 16.0. The highest BCUT2D eigenvalue weighted by Gasteiger charge is 2.38. The fourth-order valence-electron chi connectivity index (χ4n) is 5.36. The van der Waals surface area contributed by atoms with E-state index in [9.17, 15) is 4.79 Å². The smallest absolute Gasteiger partial charge is 0.263 e. The number of halogens is 1. The summed E-state index contributed by atoms with van der Waals surface area (Å²) in [6.45, 7) is 5.11. The van der Waals surface area contributed by atoms with Crippen molar-refractivity contribution in [3.8, 4) is 5.75 Å². The summed E-state index contributed by atoms with van der Waals surface area (Å²) in [7, 11) is 0. The van der Waals surface area contributed by atoms with E-state index in [-0.39, 0.29) is 24.4 Å². The van der Waals surface area contributed by atoms with Crippen LogP contribution >= 0.6 is 11.3 Å². The lowest BCUT2D eigenvalue weighted by Crippen LogP contribution is -2.43. The Morgan fingerprint density at radius 2 is 2.24 bits per heavy atom. The number of carbonyl (C=O) groups is 1. The fourth-order valence-corrected chi connectivity index (χ4v) is 6.40. The molecule has 9 heteroatoms. The van der Waals surface area contributed by atoms with Crippen molar-refractivity contribution in [2.45, 2.75) is 31.8 Å². The quantitative estimate of drug-likeness (QED) is 0.549. The first kappa shape index (κ1) is 20.7. The van der Waals surface area contributed by atoms with E-state index in [4.69, 9.17) is 10.5 Å². The zero-order valence-corrected chi connectivity index (χ0v) is 19.2. The summed E-state index contributed by atoms with van der Waals surface area (Å²) in [5, 5.41) is 7.19. The van der Waals surface area contributed by atoms with Crippen molar-refractivity contribution in [1.82, 2.24) is 15.6 Å². The number of benzene rings is 1. The second kappa shape index (κ2) is 7.85. The van der Waals surface area contributed by atoms with Crippen LogP contribution < -0.4 is 26.0 Å². The van der Waals surface area contributed by atoms with Crippen molar-refractivity contribution in [2.24, 2.45) is 5.92 Å². The molecule has 3 aliphatic heterocycles. The molecule has 6 rings (SSSR count). The van der Waals surface area contributed by atoms with Gasteiger partial charge in [-0.3, -0.25) is 4.79 Å². The summed E-state index contributed by atoms with van der Waals surface area (Å²) in [6, 6.07) is 7.42. The molecule has 1 aromatic carbocycles. The van der Waals surface area contributed by atoms with Crippen molar-refractivity contribution in [3.05, 3.63) is 46.2 Å². The highest BCUT2D eigenvalue weighted by molar-refractivity contribution is 7.21. The number of hydrogen-bond acceptors (Lipinski definition) is 7. The van der Waals surface area contributed by atoms with Crippen LogP contribution in [0.5, 0.6) is 5.75 Å². The molecule has 0 aliphatic carbocycles. The van der Waals surface area contributed by atoms with Crippen LogP contribution in [0.1, 0.15) is 27.3 Å². The lowest BCUT2D eigenvalue weighted by molar-refractivity contribution is 0.0919. The maximum atomic E-state index is 15.1. The van der Waals surface area contributed by atoms with Crippen LogP contribution in [0.2, 0.25) is 0 Å². The largest absolute Gasteiger partial charge is 0.491 e. The maximum absolute atomic E-state index is 15.1. The number of nitrogens with two attached hydrogens (primary N) is 1. The molecule has 4 N–H and O–H groups in total. The standard InChI is InChI=1S/C24H26FN5O2S/c1-12-2-3-16-21(26)22(33-24(16)28-12)23(31)29-14-6-17-18(25)7-15(8-20(17)32-11-14)30-5-4-13-9-27-10-19(13)30/h2-3,7-8,13-14,19,27H,4-6,9-11,26H2,1H3,(H,29,31)/t13-,14?,19+/m0/s1. The van der Waals surface area contributed by atoms with E-state index in [0.717, 1.165) is 47.7 Å². The molecule has 5 heterocycles. The number of fused-ring (bicyclic) bond motifs is 3. The van der Waals surface area contributed by atoms with Gasteiger partial charge >= 0.3 is 0 Å². The van der Waals surface area contributed by atoms with Gasteiger partial charge in [-0.05, 0) is 37.5 Å². The van der Waals surface area contributed by atoms with E-state index in [1.54, 1.807) is 6.07 Å². The molecule has 0 radical (unpaired) electrons. The fraction of sp³-hybridized carbons (Fsp3) is 0.417. The molecule has 3 aliphatic rings. The molecule has 1 unspecified atom stereocenters. The second-order valence-corrected chi connectivity index (χ2v) is 10.2. The third kappa shape index (κ3) is 3.50. The SMILES string of the molecule is Cc1ccc2c(N)c(C(=O)NC3COc4cc(N5CC[C@H]6CNC[C@H]65)cc(F)c4C3)sc2n1. The summed E-state index contributed by atoms with van der Waals surface area (Å²) in [6.07, 6.45) is 1.50. The lowest BCUT2D eigenvalue weighted by Gasteiger charge is -2.30. The number of amides is 1. The average Bonchev–Trinajstić information content (AvgIpc) is 3.49. The monoisotopic (exact) mass is 467 g/mol. The molecule has 2 aromatic heterocycles. The van der Waals surface area contributed by atoms with Crippen LogP contribution in [0.4, 0.5) is 15.8 Å². The van der Waals surface area contributed by atoms with Crippen molar-refractivity contribution in [3.63, 3.8) is 0 Å². The number of anilines is 2. The molecule has 172 valence electrons.